The van der Waals surface area contributed by atoms with Gasteiger partial charge in [0.05, 0.1) is 10.7 Å². The topological polar surface area (TPSA) is 59.4 Å². The number of carboxylic acid groups (broad SMARTS) is 1. The van der Waals surface area contributed by atoms with Crippen molar-refractivity contribution in [3.63, 3.8) is 0 Å². The summed E-state index contributed by atoms with van der Waals surface area (Å²) >= 11 is 1.52. The molecule has 0 aliphatic carbocycles. The van der Waals surface area contributed by atoms with Crippen LogP contribution in [0.3, 0.4) is 0 Å². The molecule has 6 heteroatoms. The third kappa shape index (κ3) is 3.58. The van der Waals surface area contributed by atoms with Crippen molar-refractivity contribution in [3.8, 4) is 5.75 Å². The number of hydrogen-bond acceptors (Lipinski definition) is 4. The highest BCUT2D eigenvalue weighted by Gasteiger charge is 2.19. The van der Waals surface area contributed by atoms with Crippen LogP contribution < -0.4 is 4.74 Å². The molecule has 112 valence electrons. The lowest BCUT2D eigenvalue weighted by Crippen LogP contribution is -2.11. The molecule has 0 spiro atoms. The number of aromatic nitrogens is 1. The second-order valence-corrected chi connectivity index (χ2v) is 6.46. The standard InChI is InChI=1S/C15H16FNO3S/c1-15(2,3)14-17-9(8-21-14)7-20-11-6-4-5-10(16)12(11)13(18)19/h4-6,8H,7H2,1-3H3,(H,18,19). The summed E-state index contributed by atoms with van der Waals surface area (Å²) in [5.41, 5.74) is 0.197. The van der Waals surface area contributed by atoms with Crippen LogP contribution in [0.5, 0.6) is 5.75 Å². The fourth-order valence-corrected chi connectivity index (χ4v) is 2.59. The fourth-order valence-electron chi connectivity index (χ4n) is 1.70. The Hall–Kier alpha value is -1.95. The van der Waals surface area contributed by atoms with Crippen molar-refractivity contribution in [3.05, 3.63) is 45.7 Å². The van der Waals surface area contributed by atoms with Crippen LogP contribution in [-0.4, -0.2) is 16.1 Å². The van der Waals surface area contributed by atoms with E-state index in [1.807, 2.05) is 5.38 Å². The molecule has 0 aliphatic rings. The number of carbonyl (C=O) groups is 1. The number of rotatable bonds is 4. The summed E-state index contributed by atoms with van der Waals surface area (Å²) in [7, 11) is 0. The van der Waals surface area contributed by atoms with Crippen LogP contribution in [0.2, 0.25) is 0 Å². The summed E-state index contributed by atoms with van der Waals surface area (Å²) in [5, 5.41) is 11.9. The lowest BCUT2D eigenvalue weighted by atomic mass is 9.98. The number of halogens is 1. The van der Waals surface area contributed by atoms with E-state index in [1.54, 1.807) is 0 Å². The molecule has 4 nitrogen and oxygen atoms in total. The highest BCUT2D eigenvalue weighted by atomic mass is 32.1. The van der Waals surface area contributed by atoms with E-state index in [0.717, 1.165) is 11.1 Å². The smallest absolute Gasteiger partial charge is 0.342 e. The molecular weight excluding hydrogens is 293 g/mol. The monoisotopic (exact) mass is 309 g/mol. The van der Waals surface area contributed by atoms with Gasteiger partial charge < -0.3 is 9.84 Å². The van der Waals surface area contributed by atoms with Crippen molar-refractivity contribution in [1.82, 2.24) is 4.98 Å². The van der Waals surface area contributed by atoms with E-state index in [2.05, 4.69) is 25.8 Å². The molecule has 1 heterocycles. The number of nitrogens with zero attached hydrogens (tertiary/aromatic N) is 1. The van der Waals surface area contributed by atoms with E-state index < -0.39 is 17.3 Å². The van der Waals surface area contributed by atoms with Gasteiger partial charge in [-0.1, -0.05) is 26.8 Å². The van der Waals surface area contributed by atoms with Crippen LogP contribution >= 0.6 is 11.3 Å². The van der Waals surface area contributed by atoms with E-state index >= 15 is 0 Å². The van der Waals surface area contributed by atoms with Gasteiger partial charge in [0.2, 0.25) is 0 Å². The first-order chi connectivity index (χ1) is 9.79. The molecule has 0 radical (unpaired) electrons. The van der Waals surface area contributed by atoms with Crippen LogP contribution in [-0.2, 0) is 12.0 Å². The maximum atomic E-state index is 13.5. The lowest BCUT2D eigenvalue weighted by Gasteiger charge is -2.13. The zero-order valence-electron chi connectivity index (χ0n) is 12.0. The van der Waals surface area contributed by atoms with Crippen LogP contribution in [0, 0.1) is 5.82 Å². The average molecular weight is 309 g/mol. The Balaban J connectivity index is 2.16. The Labute approximate surface area is 126 Å². The summed E-state index contributed by atoms with van der Waals surface area (Å²) in [6, 6.07) is 3.94. The number of thiazole rings is 1. The van der Waals surface area contributed by atoms with Crippen LogP contribution in [0.4, 0.5) is 4.39 Å². The Kier molecular flexibility index (Phi) is 4.27. The van der Waals surface area contributed by atoms with Crippen molar-refractivity contribution in [2.45, 2.75) is 32.8 Å². The third-order valence-electron chi connectivity index (χ3n) is 2.76. The second-order valence-electron chi connectivity index (χ2n) is 5.60. The minimum atomic E-state index is -1.35. The number of carboxylic acids is 1. The van der Waals surface area contributed by atoms with Gasteiger partial charge in [0, 0.05) is 10.8 Å². The van der Waals surface area contributed by atoms with E-state index in [9.17, 15) is 9.18 Å². The Bertz CT molecular complexity index is 661. The van der Waals surface area contributed by atoms with E-state index in [0.29, 0.717) is 5.69 Å². The normalized spacial score (nSPS) is 11.4. The fraction of sp³-hybridized carbons (Fsp3) is 0.333. The molecule has 0 bridgehead atoms. The van der Waals surface area contributed by atoms with E-state index in [-0.39, 0.29) is 17.8 Å². The number of hydrogen-bond donors (Lipinski definition) is 1. The largest absolute Gasteiger partial charge is 0.486 e. The van der Waals surface area contributed by atoms with Crippen LogP contribution in [0.15, 0.2) is 23.6 Å². The zero-order chi connectivity index (χ0) is 15.6. The van der Waals surface area contributed by atoms with Crippen molar-refractivity contribution in [2.24, 2.45) is 0 Å². The number of benzene rings is 1. The van der Waals surface area contributed by atoms with Crippen LogP contribution in [0.25, 0.3) is 0 Å². The summed E-state index contributed by atoms with van der Waals surface area (Å²) in [4.78, 5) is 15.5. The van der Waals surface area contributed by atoms with Gasteiger partial charge in [0.25, 0.3) is 0 Å². The molecule has 0 unspecified atom stereocenters. The molecule has 0 saturated heterocycles. The van der Waals surface area contributed by atoms with E-state index in [4.69, 9.17) is 9.84 Å². The van der Waals surface area contributed by atoms with Gasteiger partial charge in [0.15, 0.2) is 0 Å². The molecule has 0 atom stereocenters. The second kappa shape index (κ2) is 5.81. The minimum absolute atomic E-state index is 0.00723. The minimum Gasteiger partial charge on any atom is -0.486 e. The molecule has 21 heavy (non-hydrogen) atoms. The summed E-state index contributed by atoms with van der Waals surface area (Å²) in [5.74, 6) is -2.15. The molecule has 0 fully saturated rings. The average Bonchev–Trinajstić information content (AvgIpc) is 2.84. The third-order valence-corrected chi connectivity index (χ3v) is 4.07. The lowest BCUT2D eigenvalue weighted by molar-refractivity contribution is 0.0686. The van der Waals surface area contributed by atoms with Gasteiger partial charge in [-0.3, -0.25) is 0 Å². The molecule has 0 saturated carbocycles. The quantitative estimate of drug-likeness (QED) is 0.931. The Morgan fingerprint density at radius 2 is 2.14 bits per heavy atom. The van der Waals surface area contributed by atoms with Gasteiger partial charge in [-0.2, -0.15) is 0 Å². The maximum absolute atomic E-state index is 13.5. The number of ether oxygens (including phenoxy) is 1. The molecule has 0 amide bonds. The highest BCUT2D eigenvalue weighted by molar-refractivity contribution is 7.09. The Morgan fingerprint density at radius 1 is 1.43 bits per heavy atom. The first-order valence-electron chi connectivity index (χ1n) is 6.38. The molecule has 0 aliphatic heterocycles. The SMILES string of the molecule is CC(C)(C)c1nc(COc2cccc(F)c2C(=O)O)cs1. The Morgan fingerprint density at radius 3 is 2.71 bits per heavy atom. The highest BCUT2D eigenvalue weighted by Crippen LogP contribution is 2.27. The van der Waals surface area contributed by atoms with Gasteiger partial charge in [-0.25, -0.2) is 14.2 Å². The predicted molar refractivity (Wildman–Crippen MR) is 78.5 cm³/mol. The summed E-state index contributed by atoms with van der Waals surface area (Å²) in [6.45, 7) is 6.29. The van der Waals surface area contributed by atoms with Crippen molar-refractivity contribution < 1.29 is 19.0 Å². The summed E-state index contributed by atoms with van der Waals surface area (Å²) < 4.78 is 18.9. The number of aromatic carboxylic acids is 1. The maximum Gasteiger partial charge on any atom is 0.342 e. The van der Waals surface area contributed by atoms with Crippen molar-refractivity contribution in [2.75, 3.05) is 0 Å². The van der Waals surface area contributed by atoms with E-state index in [1.165, 1.54) is 23.5 Å². The van der Waals surface area contributed by atoms with Gasteiger partial charge in [-0.05, 0) is 12.1 Å². The summed E-state index contributed by atoms with van der Waals surface area (Å²) in [6.07, 6.45) is 0. The first kappa shape index (κ1) is 15.4. The molecule has 1 N–H and O–H groups in total. The van der Waals surface area contributed by atoms with Gasteiger partial charge in [-0.15, -0.1) is 11.3 Å². The molecule has 1 aromatic carbocycles. The molecule has 2 aromatic rings. The first-order valence-corrected chi connectivity index (χ1v) is 7.26. The van der Waals surface area contributed by atoms with Gasteiger partial charge in [0.1, 0.15) is 23.7 Å². The van der Waals surface area contributed by atoms with Crippen molar-refractivity contribution in [1.29, 1.82) is 0 Å². The molecular formula is C15H16FNO3S. The molecule has 2 rings (SSSR count). The van der Waals surface area contributed by atoms with Crippen molar-refractivity contribution >= 4 is 17.3 Å². The van der Waals surface area contributed by atoms with Gasteiger partial charge >= 0.3 is 5.97 Å². The zero-order valence-corrected chi connectivity index (χ0v) is 12.8. The van der Waals surface area contributed by atoms with Crippen LogP contribution in [0.1, 0.15) is 41.8 Å². The predicted octanol–water partition coefficient (Wildman–Crippen LogP) is 3.86. The molecule has 1 aromatic heterocycles.